The Kier molecular flexibility index (Phi) is 10.7. The first kappa shape index (κ1) is 17.9. The number of nitrogens with two attached hydrogens (primary N) is 1. The molecule has 0 saturated heterocycles. The van der Waals surface area contributed by atoms with Gasteiger partial charge in [0, 0.05) is 32.3 Å². The van der Waals surface area contributed by atoms with Crippen molar-refractivity contribution in [1.82, 2.24) is 4.90 Å². The largest absolute Gasteiger partial charge is 0.383 e. The van der Waals surface area contributed by atoms with Crippen LogP contribution >= 0.6 is 0 Å². The number of hydrogen-bond acceptors (Lipinski definition) is 3. The van der Waals surface area contributed by atoms with E-state index in [1.807, 2.05) is 0 Å². The second-order valence-corrected chi connectivity index (χ2v) is 5.76. The van der Waals surface area contributed by atoms with Crippen molar-refractivity contribution < 1.29 is 4.74 Å². The van der Waals surface area contributed by atoms with Gasteiger partial charge in [-0.05, 0) is 39.0 Å². The first-order valence-electron chi connectivity index (χ1n) is 7.49. The molecule has 0 bridgehead atoms. The van der Waals surface area contributed by atoms with Gasteiger partial charge < -0.3 is 10.5 Å². The smallest absolute Gasteiger partial charge is 0.0589 e. The van der Waals surface area contributed by atoms with Crippen LogP contribution in [0.1, 0.15) is 53.4 Å². The van der Waals surface area contributed by atoms with Gasteiger partial charge in [-0.15, -0.1) is 0 Å². The van der Waals surface area contributed by atoms with Crippen LogP contribution in [-0.2, 0) is 4.74 Å². The monoisotopic (exact) mass is 258 g/mol. The van der Waals surface area contributed by atoms with Crippen LogP contribution in [0.2, 0.25) is 0 Å². The molecule has 110 valence electrons. The van der Waals surface area contributed by atoms with Crippen LogP contribution in [-0.4, -0.2) is 43.8 Å². The number of nitrogens with zero attached hydrogens (tertiary/aromatic N) is 1. The summed E-state index contributed by atoms with van der Waals surface area (Å²) in [5.74, 6) is 0.745. The van der Waals surface area contributed by atoms with Crippen molar-refractivity contribution in [3.05, 3.63) is 0 Å². The van der Waals surface area contributed by atoms with E-state index in [-0.39, 0.29) is 0 Å². The maximum atomic E-state index is 5.79. The Morgan fingerprint density at radius 3 is 2.33 bits per heavy atom. The molecule has 0 aliphatic carbocycles. The maximum absolute atomic E-state index is 5.79. The minimum Gasteiger partial charge on any atom is -0.383 e. The summed E-state index contributed by atoms with van der Waals surface area (Å²) in [5, 5.41) is 0. The van der Waals surface area contributed by atoms with E-state index in [0.717, 1.165) is 25.5 Å². The number of hydrogen-bond donors (Lipinski definition) is 1. The van der Waals surface area contributed by atoms with Gasteiger partial charge in [0.1, 0.15) is 0 Å². The van der Waals surface area contributed by atoms with E-state index in [4.69, 9.17) is 10.5 Å². The fraction of sp³-hybridized carbons (Fsp3) is 1.00. The molecule has 3 heteroatoms. The van der Waals surface area contributed by atoms with Crippen LogP contribution in [0, 0.1) is 5.92 Å². The average Bonchev–Trinajstić information content (AvgIpc) is 2.32. The zero-order chi connectivity index (χ0) is 14.0. The molecule has 0 heterocycles. The van der Waals surface area contributed by atoms with Gasteiger partial charge in [0.15, 0.2) is 0 Å². The molecule has 0 aromatic carbocycles. The van der Waals surface area contributed by atoms with Crippen molar-refractivity contribution in [1.29, 1.82) is 0 Å². The summed E-state index contributed by atoms with van der Waals surface area (Å²) in [6.07, 6.45) is 4.88. The number of methoxy groups -OCH3 is 1. The first-order valence-corrected chi connectivity index (χ1v) is 7.49. The van der Waals surface area contributed by atoms with Gasteiger partial charge in [0.05, 0.1) is 6.61 Å². The van der Waals surface area contributed by atoms with Gasteiger partial charge in [-0.25, -0.2) is 0 Å². The second-order valence-electron chi connectivity index (χ2n) is 5.76. The highest BCUT2D eigenvalue weighted by atomic mass is 16.5. The van der Waals surface area contributed by atoms with Gasteiger partial charge in [-0.2, -0.15) is 0 Å². The van der Waals surface area contributed by atoms with Gasteiger partial charge in [-0.1, -0.05) is 20.3 Å². The van der Waals surface area contributed by atoms with Crippen molar-refractivity contribution >= 4 is 0 Å². The summed E-state index contributed by atoms with van der Waals surface area (Å²) in [4.78, 5) is 2.56. The third-order valence-corrected chi connectivity index (χ3v) is 3.70. The molecule has 3 atom stereocenters. The molecule has 0 aliphatic heterocycles. The third-order valence-electron chi connectivity index (χ3n) is 3.70. The topological polar surface area (TPSA) is 38.5 Å². The Hall–Kier alpha value is -0.120. The molecular weight excluding hydrogens is 224 g/mol. The van der Waals surface area contributed by atoms with E-state index in [1.54, 1.807) is 7.11 Å². The quantitative estimate of drug-likeness (QED) is 0.619. The lowest BCUT2D eigenvalue weighted by Crippen LogP contribution is -2.38. The predicted molar refractivity (Wildman–Crippen MR) is 79.9 cm³/mol. The van der Waals surface area contributed by atoms with Crippen LogP contribution in [0.3, 0.4) is 0 Å². The van der Waals surface area contributed by atoms with Gasteiger partial charge in [0.2, 0.25) is 0 Å². The van der Waals surface area contributed by atoms with Crippen molar-refractivity contribution in [3.8, 4) is 0 Å². The maximum Gasteiger partial charge on any atom is 0.0589 e. The van der Waals surface area contributed by atoms with Crippen LogP contribution in [0.15, 0.2) is 0 Å². The highest BCUT2D eigenvalue weighted by Gasteiger charge is 2.15. The molecule has 0 amide bonds. The Morgan fingerprint density at radius 1 is 1.17 bits per heavy atom. The summed E-state index contributed by atoms with van der Waals surface area (Å²) in [6.45, 7) is 12.1. The molecule has 3 nitrogen and oxygen atoms in total. The lowest BCUT2D eigenvalue weighted by Gasteiger charge is -2.30. The van der Waals surface area contributed by atoms with Crippen LogP contribution in [0.4, 0.5) is 0 Å². The standard InChI is InChI=1S/C15H34N2O/c1-6-15(4)17(10-11-18-5)12-13(2)8-7-9-14(3)16/h13-15H,6-12,16H2,1-5H3. The Morgan fingerprint density at radius 2 is 1.83 bits per heavy atom. The SMILES string of the molecule is CCC(C)N(CCOC)CC(C)CCCC(C)N. The van der Waals surface area contributed by atoms with Crippen molar-refractivity contribution in [2.75, 3.05) is 26.8 Å². The van der Waals surface area contributed by atoms with Crippen molar-refractivity contribution in [2.24, 2.45) is 11.7 Å². The Balaban J connectivity index is 3.97. The highest BCUT2D eigenvalue weighted by Crippen LogP contribution is 2.13. The minimum atomic E-state index is 0.344. The van der Waals surface area contributed by atoms with Gasteiger partial charge >= 0.3 is 0 Å². The Labute approximate surface area is 114 Å². The molecule has 0 aliphatic rings. The molecular formula is C15H34N2O. The van der Waals surface area contributed by atoms with Crippen LogP contribution in [0.25, 0.3) is 0 Å². The molecule has 0 radical (unpaired) electrons. The molecule has 0 aromatic rings. The zero-order valence-corrected chi connectivity index (χ0v) is 13.1. The van der Waals surface area contributed by atoms with E-state index in [1.165, 1.54) is 25.8 Å². The number of ether oxygens (including phenoxy) is 1. The molecule has 0 aromatic heterocycles. The van der Waals surface area contributed by atoms with Gasteiger partial charge in [0.25, 0.3) is 0 Å². The second kappa shape index (κ2) is 10.8. The highest BCUT2D eigenvalue weighted by molar-refractivity contribution is 4.69. The molecule has 0 saturated carbocycles. The molecule has 0 fully saturated rings. The lowest BCUT2D eigenvalue weighted by molar-refractivity contribution is 0.110. The summed E-state index contributed by atoms with van der Waals surface area (Å²) in [7, 11) is 1.78. The third kappa shape index (κ3) is 8.90. The summed E-state index contributed by atoms with van der Waals surface area (Å²) >= 11 is 0. The molecule has 0 rings (SSSR count). The normalized spacial score (nSPS) is 16.8. The molecule has 18 heavy (non-hydrogen) atoms. The van der Waals surface area contributed by atoms with Crippen molar-refractivity contribution in [3.63, 3.8) is 0 Å². The van der Waals surface area contributed by atoms with E-state index >= 15 is 0 Å². The Bertz CT molecular complexity index is 185. The zero-order valence-electron chi connectivity index (χ0n) is 13.1. The average molecular weight is 258 g/mol. The van der Waals surface area contributed by atoms with E-state index in [2.05, 4.69) is 32.6 Å². The van der Waals surface area contributed by atoms with E-state index in [0.29, 0.717) is 12.1 Å². The lowest BCUT2D eigenvalue weighted by atomic mass is 10.0. The van der Waals surface area contributed by atoms with E-state index in [9.17, 15) is 0 Å². The van der Waals surface area contributed by atoms with Gasteiger partial charge in [-0.3, -0.25) is 4.90 Å². The summed E-state index contributed by atoms with van der Waals surface area (Å²) in [5.41, 5.74) is 5.79. The predicted octanol–water partition coefficient (Wildman–Crippen LogP) is 2.89. The van der Waals surface area contributed by atoms with Crippen LogP contribution < -0.4 is 5.73 Å². The molecule has 0 spiro atoms. The fourth-order valence-corrected chi connectivity index (χ4v) is 2.24. The summed E-state index contributed by atoms with van der Waals surface area (Å²) in [6, 6.07) is 0.993. The first-order chi connectivity index (χ1) is 8.51. The number of rotatable bonds is 11. The fourth-order valence-electron chi connectivity index (χ4n) is 2.24. The molecule has 3 unspecified atom stereocenters. The van der Waals surface area contributed by atoms with Crippen LogP contribution in [0.5, 0.6) is 0 Å². The molecule has 2 N–H and O–H groups in total. The summed E-state index contributed by atoms with van der Waals surface area (Å²) < 4.78 is 5.20. The van der Waals surface area contributed by atoms with Crippen molar-refractivity contribution in [2.45, 2.75) is 65.5 Å². The minimum absolute atomic E-state index is 0.344. The van der Waals surface area contributed by atoms with E-state index < -0.39 is 0 Å².